The summed E-state index contributed by atoms with van der Waals surface area (Å²) in [5.41, 5.74) is 0.513. The van der Waals surface area contributed by atoms with Gasteiger partial charge in [-0.05, 0) is 19.1 Å². The van der Waals surface area contributed by atoms with Crippen molar-refractivity contribution in [3.63, 3.8) is 0 Å². The molecule has 0 bridgehead atoms. The Kier molecular flexibility index (Phi) is 3.27. The number of benzene rings is 1. The summed E-state index contributed by atoms with van der Waals surface area (Å²) in [5, 5.41) is 6.94. The largest absolute Gasteiger partial charge is 0.415 e. The molecule has 0 unspecified atom stereocenters. The molecule has 112 valence electrons. The Balaban J connectivity index is 2.04. The summed E-state index contributed by atoms with van der Waals surface area (Å²) < 4.78 is 40.3. The van der Waals surface area contributed by atoms with E-state index in [0.29, 0.717) is 23.0 Å². The molecule has 9 heteroatoms. The van der Waals surface area contributed by atoms with Gasteiger partial charge >= 0.3 is 6.18 Å². The van der Waals surface area contributed by atoms with Crippen LogP contribution >= 0.6 is 0 Å². The van der Waals surface area contributed by atoms with E-state index in [2.05, 4.69) is 20.4 Å². The summed E-state index contributed by atoms with van der Waals surface area (Å²) in [6.45, 7) is 1.77. The molecule has 3 aromatic rings. The third-order valence-electron chi connectivity index (χ3n) is 3.20. The Morgan fingerprint density at radius 2 is 2.00 bits per heavy atom. The second-order valence-electron chi connectivity index (χ2n) is 4.91. The van der Waals surface area contributed by atoms with Crippen molar-refractivity contribution in [2.45, 2.75) is 13.1 Å². The fourth-order valence-electron chi connectivity index (χ4n) is 2.17. The van der Waals surface area contributed by atoms with Crippen LogP contribution in [0.4, 0.5) is 24.7 Å². The molecule has 0 aliphatic carbocycles. The van der Waals surface area contributed by atoms with E-state index < -0.39 is 11.7 Å². The molecular formula is C13H11BF3N5. The molecule has 0 atom stereocenters. The second kappa shape index (κ2) is 5.01. The number of fused-ring (bicyclic) bond motifs is 1. The number of nitrogens with one attached hydrogen (secondary N) is 1. The number of aryl methyl sites for hydroxylation is 1. The fraction of sp³-hybridized carbons (Fsp3) is 0.154. The molecule has 0 saturated carbocycles. The van der Waals surface area contributed by atoms with Gasteiger partial charge in [0.15, 0.2) is 0 Å². The molecular weight excluding hydrogens is 294 g/mol. The van der Waals surface area contributed by atoms with E-state index in [-0.39, 0.29) is 5.46 Å². The summed E-state index contributed by atoms with van der Waals surface area (Å²) in [6, 6.07) is 5.78. The molecule has 0 amide bonds. The van der Waals surface area contributed by atoms with Crippen LogP contribution in [0.1, 0.15) is 11.3 Å². The number of rotatable bonds is 2. The molecule has 0 spiro atoms. The van der Waals surface area contributed by atoms with Gasteiger partial charge in [-0.15, -0.1) is 0 Å². The molecule has 5 nitrogen and oxygen atoms in total. The highest BCUT2D eigenvalue weighted by molar-refractivity contribution is 6.33. The first-order chi connectivity index (χ1) is 10.3. The van der Waals surface area contributed by atoms with Crippen molar-refractivity contribution in [2.24, 2.45) is 0 Å². The molecule has 0 fully saturated rings. The summed E-state index contributed by atoms with van der Waals surface area (Å²) >= 11 is 0. The first kappa shape index (κ1) is 14.4. The van der Waals surface area contributed by atoms with Gasteiger partial charge in [0.05, 0.1) is 5.56 Å². The van der Waals surface area contributed by atoms with Gasteiger partial charge in [-0.2, -0.15) is 27.8 Å². The van der Waals surface area contributed by atoms with Crippen LogP contribution < -0.4 is 10.8 Å². The lowest BCUT2D eigenvalue weighted by molar-refractivity contribution is -0.136. The Labute approximate surface area is 124 Å². The highest BCUT2D eigenvalue weighted by Crippen LogP contribution is 2.30. The Hall–Kier alpha value is -2.58. The van der Waals surface area contributed by atoms with E-state index in [4.69, 9.17) is 0 Å². The zero-order valence-corrected chi connectivity index (χ0v) is 11.8. The zero-order valence-electron chi connectivity index (χ0n) is 11.8. The van der Waals surface area contributed by atoms with Gasteiger partial charge in [0.2, 0.25) is 0 Å². The number of alkyl halides is 3. The second-order valence-corrected chi connectivity index (χ2v) is 4.91. The van der Waals surface area contributed by atoms with Crippen LogP contribution in [-0.4, -0.2) is 27.4 Å². The number of aromatic nitrogens is 4. The van der Waals surface area contributed by atoms with Crippen molar-refractivity contribution in [2.75, 3.05) is 5.32 Å². The van der Waals surface area contributed by atoms with Gasteiger partial charge in [0.25, 0.3) is 5.78 Å². The maximum absolute atomic E-state index is 13.0. The van der Waals surface area contributed by atoms with Crippen LogP contribution in [0, 0.1) is 6.92 Å². The molecule has 1 aromatic carbocycles. The highest BCUT2D eigenvalue weighted by atomic mass is 19.4. The van der Waals surface area contributed by atoms with E-state index >= 15 is 0 Å². The topological polar surface area (TPSA) is 55.1 Å². The van der Waals surface area contributed by atoms with Crippen molar-refractivity contribution >= 4 is 30.6 Å². The quantitative estimate of drug-likeness (QED) is 0.728. The molecule has 2 heterocycles. The van der Waals surface area contributed by atoms with E-state index in [1.54, 1.807) is 19.1 Å². The molecule has 0 saturated heterocycles. The van der Waals surface area contributed by atoms with E-state index in [0.717, 1.165) is 6.07 Å². The number of anilines is 2. The third-order valence-corrected chi connectivity index (χ3v) is 3.20. The Bertz CT molecular complexity index is 843. The minimum Gasteiger partial charge on any atom is -0.340 e. The predicted molar refractivity (Wildman–Crippen MR) is 78.4 cm³/mol. The number of hydrogen-bond donors (Lipinski definition) is 1. The van der Waals surface area contributed by atoms with Crippen LogP contribution in [-0.2, 0) is 6.18 Å². The van der Waals surface area contributed by atoms with Crippen LogP contribution in [0.3, 0.4) is 0 Å². The lowest BCUT2D eigenvalue weighted by Crippen LogP contribution is -2.20. The SMILES string of the molecule is Bc1ccc(Nc2cc(C)nc3ncnn23)cc1C(F)(F)F. The van der Waals surface area contributed by atoms with Crippen molar-refractivity contribution in [3.05, 3.63) is 41.9 Å². The van der Waals surface area contributed by atoms with Crippen molar-refractivity contribution in [1.82, 2.24) is 19.6 Å². The van der Waals surface area contributed by atoms with E-state index in [1.165, 1.54) is 24.8 Å². The fourth-order valence-corrected chi connectivity index (χ4v) is 2.17. The summed E-state index contributed by atoms with van der Waals surface area (Å²) in [6.07, 6.45) is -3.05. The van der Waals surface area contributed by atoms with Crippen LogP contribution in [0.15, 0.2) is 30.6 Å². The van der Waals surface area contributed by atoms with Crippen LogP contribution in [0.5, 0.6) is 0 Å². The van der Waals surface area contributed by atoms with Crippen molar-refractivity contribution in [3.8, 4) is 0 Å². The van der Waals surface area contributed by atoms with Crippen LogP contribution in [0.2, 0.25) is 0 Å². The van der Waals surface area contributed by atoms with Gasteiger partial charge in [-0.25, -0.2) is 4.98 Å². The molecule has 0 radical (unpaired) electrons. The molecule has 3 rings (SSSR count). The average molecular weight is 305 g/mol. The average Bonchev–Trinajstić information content (AvgIpc) is 2.87. The van der Waals surface area contributed by atoms with Crippen LogP contribution in [0.25, 0.3) is 5.78 Å². The van der Waals surface area contributed by atoms with Gasteiger partial charge in [-0.3, -0.25) is 0 Å². The Morgan fingerprint density at radius 1 is 1.23 bits per heavy atom. The minimum atomic E-state index is -4.39. The highest BCUT2D eigenvalue weighted by Gasteiger charge is 2.32. The maximum atomic E-state index is 13.0. The number of halogens is 3. The summed E-state index contributed by atoms with van der Waals surface area (Å²) in [7, 11) is 1.43. The molecule has 0 aliphatic rings. The maximum Gasteiger partial charge on any atom is 0.415 e. The normalized spacial score (nSPS) is 11.8. The monoisotopic (exact) mass is 305 g/mol. The first-order valence-corrected chi connectivity index (χ1v) is 6.47. The lowest BCUT2D eigenvalue weighted by Gasteiger charge is -2.14. The predicted octanol–water partition coefficient (Wildman–Crippen LogP) is 1.45. The van der Waals surface area contributed by atoms with Crippen molar-refractivity contribution in [1.29, 1.82) is 0 Å². The van der Waals surface area contributed by atoms with Crippen molar-refractivity contribution < 1.29 is 13.2 Å². The molecule has 0 aliphatic heterocycles. The first-order valence-electron chi connectivity index (χ1n) is 6.47. The standard InChI is InChI=1S/C13H11BF3N5/c1-7-4-11(22-12(20-7)18-6-19-22)21-8-2-3-10(14)9(5-8)13(15,16)17/h2-6,21H,14H2,1H3. The Morgan fingerprint density at radius 3 is 2.73 bits per heavy atom. The van der Waals surface area contributed by atoms with Gasteiger partial charge in [-0.1, -0.05) is 11.5 Å². The van der Waals surface area contributed by atoms with Gasteiger partial charge in [0.1, 0.15) is 20.0 Å². The molecule has 1 N–H and O–H groups in total. The number of nitrogens with zero attached hydrogens (tertiary/aromatic N) is 4. The minimum absolute atomic E-state index is 0.176. The summed E-state index contributed by atoms with van der Waals surface area (Å²) in [5.74, 6) is 0.877. The lowest BCUT2D eigenvalue weighted by atomic mass is 9.90. The zero-order chi connectivity index (χ0) is 15.9. The number of hydrogen-bond acceptors (Lipinski definition) is 4. The molecule has 2 aromatic heterocycles. The van der Waals surface area contributed by atoms with E-state index in [1.807, 2.05) is 0 Å². The van der Waals surface area contributed by atoms with Gasteiger partial charge < -0.3 is 5.32 Å². The van der Waals surface area contributed by atoms with E-state index in [9.17, 15) is 13.2 Å². The third kappa shape index (κ3) is 2.61. The molecule has 22 heavy (non-hydrogen) atoms. The summed E-state index contributed by atoms with van der Waals surface area (Å²) in [4.78, 5) is 8.15. The smallest absolute Gasteiger partial charge is 0.340 e. The van der Waals surface area contributed by atoms with Gasteiger partial charge in [0, 0.05) is 17.4 Å².